The lowest BCUT2D eigenvalue weighted by molar-refractivity contribution is -0.195. The van der Waals surface area contributed by atoms with Crippen molar-refractivity contribution in [3.05, 3.63) is 0 Å². The second-order valence-electron chi connectivity index (χ2n) is 10.3. The third-order valence-electron chi connectivity index (χ3n) is 6.46. The fraction of sp³-hybridized carbons (Fsp3) is 0.923. The van der Waals surface area contributed by atoms with Crippen molar-refractivity contribution >= 4 is 11.9 Å². The van der Waals surface area contributed by atoms with E-state index >= 15 is 0 Å². The second kappa shape index (κ2) is 13.5. The average Bonchev–Trinajstić information content (AvgIpc) is 2.66. The molecule has 2 atom stereocenters. The molecule has 0 aromatic carbocycles. The third-order valence-corrected chi connectivity index (χ3v) is 6.46. The Morgan fingerprint density at radius 3 is 1.06 bits per heavy atom. The van der Waals surface area contributed by atoms with Crippen molar-refractivity contribution in [1.29, 1.82) is 0 Å². The fourth-order valence-electron chi connectivity index (χ4n) is 5.27. The van der Waals surface area contributed by atoms with E-state index in [-0.39, 0.29) is 36.1 Å². The number of hydrogen-bond donors (Lipinski definition) is 0. The summed E-state index contributed by atoms with van der Waals surface area (Å²) in [6.45, 7) is 25.1. The van der Waals surface area contributed by atoms with E-state index in [4.69, 9.17) is 9.47 Å². The van der Waals surface area contributed by atoms with Gasteiger partial charge in [-0.15, -0.1) is 0 Å². The standard InChI is InChI=1S/C26H52N2O4/c1-13-15-17-31-23(29)25(11,27(19(3)4)20(5)6)26(12,24(30)32-18-16-14-2)28(21(7)8)22(9)10/h19-22H,13-18H2,1-12H3. The number of carbonyl (C=O) groups is 2. The van der Waals surface area contributed by atoms with E-state index in [0.717, 1.165) is 25.7 Å². The summed E-state index contributed by atoms with van der Waals surface area (Å²) >= 11 is 0. The van der Waals surface area contributed by atoms with Crippen LogP contribution in [0.2, 0.25) is 0 Å². The van der Waals surface area contributed by atoms with Gasteiger partial charge in [0.15, 0.2) is 0 Å². The minimum Gasteiger partial charge on any atom is -0.464 e. The molecule has 0 radical (unpaired) electrons. The number of nitrogens with zero attached hydrogens (tertiary/aromatic N) is 2. The van der Waals surface area contributed by atoms with E-state index in [1.807, 2.05) is 13.8 Å². The molecule has 0 bridgehead atoms. The van der Waals surface area contributed by atoms with E-state index in [2.05, 4.69) is 79.0 Å². The van der Waals surface area contributed by atoms with Gasteiger partial charge in [-0.1, -0.05) is 26.7 Å². The molecule has 2 unspecified atom stereocenters. The Hall–Kier alpha value is -1.14. The first-order valence-corrected chi connectivity index (χ1v) is 12.7. The van der Waals surface area contributed by atoms with Gasteiger partial charge in [0.25, 0.3) is 0 Å². The monoisotopic (exact) mass is 456 g/mol. The molecule has 0 amide bonds. The van der Waals surface area contributed by atoms with Crippen molar-refractivity contribution in [1.82, 2.24) is 9.80 Å². The van der Waals surface area contributed by atoms with E-state index < -0.39 is 11.1 Å². The van der Waals surface area contributed by atoms with Crippen LogP contribution in [-0.4, -0.2) is 70.2 Å². The summed E-state index contributed by atoms with van der Waals surface area (Å²) < 4.78 is 11.7. The van der Waals surface area contributed by atoms with E-state index in [0.29, 0.717) is 13.2 Å². The molecule has 6 heteroatoms. The Kier molecular flexibility index (Phi) is 13.1. The van der Waals surface area contributed by atoms with Crippen molar-refractivity contribution in [2.45, 2.75) is 144 Å². The van der Waals surface area contributed by atoms with Crippen LogP contribution in [0.3, 0.4) is 0 Å². The molecule has 32 heavy (non-hydrogen) atoms. The molecule has 0 heterocycles. The van der Waals surface area contributed by atoms with Crippen LogP contribution in [0.4, 0.5) is 0 Å². The first kappa shape index (κ1) is 30.9. The first-order valence-electron chi connectivity index (χ1n) is 12.7. The number of carbonyl (C=O) groups excluding carboxylic acids is 2. The van der Waals surface area contributed by atoms with Crippen molar-refractivity contribution in [2.24, 2.45) is 0 Å². The highest BCUT2D eigenvalue weighted by Gasteiger charge is 2.65. The maximum Gasteiger partial charge on any atom is 0.328 e. The molecule has 0 N–H and O–H groups in total. The van der Waals surface area contributed by atoms with Crippen molar-refractivity contribution in [3.63, 3.8) is 0 Å². The molecular formula is C26H52N2O4. The molecule has 6 nitrogen and oxygen atoms in total. The number of ether oxygens (including phenoxy) is 2. The van der Waals surface area contributed by atoms with E-state index in [1.165, 1.54) is 0 Å². The number of rotatable bonds is 15. The predicted molar refractivity (Wildman–Crippen MR) is 133 cm³/mol. The molecule has 0 aliphatic rings. The molecule has 0 aliphatic heterocycles. The Morgan fingerprint density at radius 2 is 0.875 bits per heavy atom. The molecule has 0 spiro atoms. The van der Waals surface area contributed by atoms with Crippen LogP contribution in [0.5, 0.6) is 0 Å². The zero-order valence-corrected chi connectivity index (χ0v) is 23.1. The summed E-state index contributed by atoms with van der Waals surface area (Å²) in [5.41, 5.74) is -2.50. The Labute approximate surface area is 198 Å². The SMILES string of the molecule is CCCCOC(=O)C(C)(N(C(C)C)C(C)C)C(C)(C(=O)OCCCC)N(C(C)C)C(C)C. The van der Waals surface area contributed by atoms with Gasteiger partial charge >= 0.3 is 11.9 Å². The molecule has 0 aromatic rings. The lowest BCUT2D eigenvalue weighted by Gasteiger charge is -2.57. The highest BCUT2D eigenvalue weighted by atomic mass is 16.5. The summed E-state index contributed by atoms with van der Waals surface area (Å²) in [5, 5.41) is 0. The molecule has 0 saturated carbocycles. The molecule has 0 aromatic heterocycles. The van der Waals surface area contributed by atoms with Crippen LogP contribution in [-0.2, 0) is 19.1 Å². The zero-order chi connectivity index (χ0) is 25.3. The van der Waals surface area contributed by atoms with Crippen molar-refractivity contribution < 1.29 is 19.1 Å². The minimum absolute atomic E-state index is 0.0164. The van der Waals surface area contributed by atoms with Gasteiger partial charge < -0.3 is 9.47 Å². The molecule has 190 valence electrons. The Balaban J connectivity index is 6.98. The van der Waals surface area contributed by atoms with Gasteiger partial charge in [-0.3, -0.25) is 9.80 Å². The van der Waals surface area contributed by atoms with Gasteiger partial charge in [0.1, 0.15) is 11.1 Å². The smallest absolute Gasteiger partial charge is 0.328 e. The van der Waals surface area contributed by atoms with Gasteiger partial charge in [0, 0.05) is 24.2 Å². The van der Waals surface area contributed by atoms with Crippen molar-refractivity contribution in [2.75, 3.05) is 13.2 Å². The summed E-state index contributed by atoms with van der Waals surface area (Å²) in [5.74, 6) is -0.732. The molecular weight excluding hydrogens is 404 g/mol. The minimum atomic E-state index is -1.25. The van der Waals surface area contributed by atoms with Gasteiger partial charge in [0.2, 0.25) is 0 Å². The maximum atomic E-state index is 13.9. The summed E-state index contributed by atoms with van der Waals surface area (Å²) in [6, 6.07) is 0.0654. The third kappa shape index (κ3) is 6.69. The van der Waals surface area contributed by atoms with Gasteiger partial charge in [0.05, 0.1) is 13.2 Å². The number of hydrogen-bond acceptors (Lipinski definition) is 6. The lowest BCUT2D eigenvalue weighted by Crippen LogP contribution is -2.78. The maximum absolute atomic E-state index is 13.9. The van der Waals surface area contributed by atoms with E-state index in [9.17, 15) is 9.59 Å². The number of esters is 2. The quantitative estimate of drug-likeness (QED) is 0.242. The highest BCUT2D eigenvalue weighted by molar-refractivity contribution is 5.94. The van der Waals surface area contributed by atoms with Gasteiger partial charge in [-0.25, -0.2) is 9.59 Å². The van der Waals surface area contributed by atoms with Crippen LogP contribution in [0.25, 0.3) is 0 Å². The summed E-state index contributed by atoms with van der Waals surface area (Å²) in [6.07, 6.45) is 3.45. The lowest BCUT2D eigenvalue weighted by atomic mass is 9.73. The Bertz CT molecular complexity index is 510. The van der Waals surface area contributed by atoms with Gasteiger partial charge in [-0.05, 0) is 82.1 Å². The summed E-state index contributed by atoms with van der Waals surface area (Å²) in [7, 11) is 0. The van der Waals surface area contributed by atoms with Crippen molar-refractivity contribution in [3.8, 4) is 0 Å². The first-order chi connectivity index (χ1) is 14.7. The zero-order valence-electron chi connectivity index (χ0n) is 23.1. The van der Waals surface area contributed by atoms with E-state index in [1.54, 1.807) is 0 Å². The molecule has 0 rings (SSSR count). The topological polar surface area (TPSA) is 59.1 Å². The number of unbranched alkanes of at least 4 members (excludes halogenated alkanes) is 2. The second-order valence-corrected chi connectivity index (χ2v) is 10.3. The highest BCUT2D eigenvalue weighted by Crippen LogP contribution is 2.41. The van der Waals surface area contributed by atoms with Crippen LogP contribution in [0.1, 0.15) is 109 Å². The van der Waals surface area contributed by atoms with Crippen LogP contribution < -0.4 is 0 Å². The van der Waals surface area contributed by atoms with Gasteiger partial charge in [-0.2, -0.15) is 0 Å². The normalized spacial score (nSPS) is 16.2. The average molecular weight is 457 g/mol. The molecule has 0 saturated heterocycles. The Morgan fingerprint density at radius 1 is 0.625 bits per heavy atom. The fourth-order valence-corrected chi connectivity index (χ4v) is 5.27. The summed E-state index contributed by atoms with van der Waals surface area (Å²) in [4.78, 5) is 32.1. The van der Waals surface area contributed by atoms with Crippen LogP contribution in [0.15, 0.2) is 0 Å². The predicted octanol–water partition coefficient (Wildman–Crippen LogP) is 5.43. The van der Waals surface area contributed by atoms with Crippen LogP contribution >= 0.6 is 0 Å². The molecule has 0 fully saturated rings. The molecule has 0 aliphatic carbocycles. The van der Waals surface area contributed by atoms with Crippen LogP contribution in [0, 0.1) is 0 Å². The largest absolute Gasteiger partial charge is 0.464 e.